The summed E-state index contributed by atoms with van der Waals surface area (Å²) in [6.45, 7) is 1.97. The van der Waals surface area contributed by atoms with E-state index in [1.807, 2.05) is 31.2 Å². The molecule has 0 aliphatic heterocycles. The van der Waals surface area contributed by atoms with Crippen molar-refractivity contribution in [3.8, 4) is 10.6 Å². The van der Waals surface area contributed by atoms with Crippen molar-refractivity contribution in [3.63, 3.8) is 0 Å². The molecule has 1 amide bonds. The molecular weight excluding hydrogens is 419 g/mol. The third kappa shape index (κ3) is 4.70. The van der Waals surface area contributed by atoms with E-state index >= 15 is 0 Å². The summed E-state index contributed by atoms with van der Waals surface area (Å²) in [7, 11) is 0. The topological polar surface area (TPSA) is 79.3 Å². The van der Waals surface area contributed by atoms with Crippen LogP contribution in [0.3, 0.4) is 0 Å². The number of hydrogen-bond acceptors (Lipinski definition) is 4. The van der Waals surface area contributed by atoms with Crippen molar-refractivity contribution in [1.29, 1.82) is 0 Å². The van der Waals surface area contributed by atoms with Gasteiger partial charge in [0.25, 0.3) is 5.91 Å². The highest BCUT2D eigenvalue weighted by atomic mass is 35.5. The van der Waals surface area contributed by atoms with Gasteiger partial charge in [0.2, 0.25) is 0 Å². The number of aliphatic carboxylic acids is 1. The van der Waals surface area contributed by atoms with E-state index in [0.29, 0.717) is 10.6 Å². The molecule has 0 saturated carbocycles. The Morgan fingerprint density at radius 3 is 2.64 bits per heavy atom. The summed E-state index contributed by atoms with van der Waals surface area (Å²) in [5.74, 6) is -1.52. The van der Waals surface area contributed by atoms with E-state index in [1.165, 1.54) is 17.4 Å². The van der Waals surface area contributed by atoms with Crippen LogP contribution in [0.1, 0.15) is 34.1 Å². The molecule has 8 heteroatoms. The van der Waals surface area contributed by atoms with Gasteiger partial charge in [-0.15, -0.1) is 11.3 Å². The fourth-order valence-electron chi connectivity index (χ4n) is 2.74. The van der Waals surface area contributed by atoms with Crippen LogP contribution in [-0.4, -0.2) is 22.0 Å². The van der Waals surface area contributed by atoms with E-state index in [2.05, 4.69) is 10.3 Å². The van der Waals surface area contributed by atoms with Crippen LogP contribution in [0.15, 0.2) is 47.8 Å². The zero-order chi connectivity index (χ0) is 20.3. The van der Waals surface area contributed by atoms with Crippen molar-refractivity contribution in [1.82, 2.24) is 10.3 Å². The molecule has 0 aliphatic rings. The van der Waals surface area contributed by atoms with Gasteiger partial charge in [0, 0.05) is 21.0 Å². The van der Waals surface area contributed by atoms with Gasteiger partial charge in [-0.05, 0) is 30.2 Å². The van der Waals surface area contributed by atoms with Gasteiger partial charge in [-0.25, -0.2) is 4.98 Å². The highest BCUT2D eigenvalue weighted by Gasteiger charge is 2.23. The third-order valence-electron chi connectivity index (χ3n) is 4.13. The Morgan fingerprint density at radius 2 is 1.96 bits per heavy atom. The van der Waals surface area contributed by atoms with Gasteiger partial charge in [0.15, 0.2) is 0 Å². The molecule has 2 aromatic carbocycles. The summed E-state index contributed by atoms with van der Waals surface area (Å²) in [6, 6.07) is 11.7. The smallest absolute Gasteiger partial charge is 0.305 e. The third-order valence-corrected chi connectivity index (χ3v) is 5.57. The van der Waals surface area contributed by atoms with E-state index in [1.54, 1.807) is 17.5 Å². The number of nitrogens with one attached hydrogen (secondary N) is 1. The lowest BCUT2D eigenvalue weighted by molar-refractivity contribution is -0.137. The van der Waals surface area contributed by atoms with Gasteiger partial charge in [0.1, 0.15) is 10.7 Å². The summed E-state index contributed by atoms with van der Waals surface area (Å²) < 4.78 is 0. The Morgan fingerprint density at radius 1 is 1.21 bits per heavy atom. The molecule has 1 aromatic heterocycles. The van der Waals surface area contributed by atoms with Gasteiger partial charge in [-0.1, -0.05) is 53.5 Å². The molecule has 1 unspecified atom stereocenters. The van der Waals surface area contributed by atoms with Gasteiger partial charge >= 0.3 is 5.97 Å². The van der Waals surface area contributed by atoms with E-state index in [0.717, 1.165) is 16.1 Å². The average Bonchev–Trinajstić information content (AvgIpc) is 3.11. The average molecular weight is 435 g/mol. The fraction of sp³-hybridized carbons (Fsp3) is 0.150. The number of hydrogen-bond donors (Lipinski definition) is 2. The molecule has 0 bridgehead atoms. The Labute approximate surface area is 176 Å². The van der Waals surface area contributed by atoms with Crippen molar-refractivity contribution >= 4 is 46.4 Å². The Bertz CT molecular complexity index is 1040. The normalized spacial score (nSPS) is 11.8. The molecule has 3 aromatic rings. The number of thiazole rings is 1. The summed E-state index contributed by atoms with van der Waals surface area (Å²) >= 11 is 13.5. The number of aryl methyl sites for hydroxylation is 1. The van der Waals surface area contributed by atoms with Crippen molar-refractivity contribution in [2.75, 3.05) is 0 Å². The lowest BCUT2D eigenvalue weighted by atomic mass is 10.0. The van der Waals surface area contributed by atoms with E-state index in [-0.39, 0.29) is 17.1 Å². The Kier molecular flexibility index (Phi) is 6.34. The van der Waals surface area contributed by atoms with Crippen LogP contribution in [0.2, 0.25) is 10.0 Å². The van der Waals surface area contributed by atoms with E-state index in [9.17, 15) is 14.7 Å². The maximum atomic E-state index is 12.7. The lowest BCUT2D eigenvalue weighted by Gasteiger charge is -2.18. The first-order valence-corrected chi connectivity index (χ1v) is 9.98. The minimum atomic E-state index is -1.06. The molecule has 0 aliphatic carbocycles. The molecule has 0 spiro atoms. The number of halogens is 2. The molecule has 0 fully saturated rings. The summed E-state index contributed by atoms with van der Waals surface area (Å²) in [5, 5.41) is 15.0. The Balaban J connectivity index is 1.84. The first kappa shape index (κ1) is 20.3. The molecule has 3 rings (SSSR count). The van der Waals surface area contributed by atoms with Crippen LogP contribution >= 0.6 is 34.5 Å². The largest absolute Gasteiger partial charge is 0.481 e. The minimum Gasteiger partial charge on any atom is -0.481 e. The second-order valence-electron chi connectivity index (χ2n) is 6.14. The van der Waals surface area contributed by atoms with Crippen molar-refractivity contribution in [3.05, 3.63) is 74.7 Å². The number of aromatic nitrogens is 1. The van der Waals surface area contributed by atoms with Gasteiger partial charge in [-0.3, -0.25) is 9.59 Å². The van der Waals surface area contributed by atoms with E-state index < -0.39 is 17.9 Å². The first-order chi connectivity index (χ1) is 13.3. The molecule has 2 N–H and O–H groups in total. The zero-order valence-electron chi connectivity index (χ0n) is 14.8. The molecule has 1 atom stereocenters. The molecule has 0 radical (unpaired) electrons. The number of carbonyl (C=O) groups excluding carboxylic acids is 1. The number of rotatable bonds is 6. The predicted molar refractivity (Wildman–Crippen MR) is 111 cm³/mol. The number of nitrogens with zero attached hydrogens (tertiary/aromatic N) is 1. The number of carboxylic acid groups (broad SMARTS) is 1. The second kappa shape index (κ2) is 8.73. The van der Waals surface area contributed by atoms with Crippen LogP contribution in [0, 0.1) is 6.92 Å². The number of benzene rings is 2. The predicted octanol–water partition coefficient (Wildman–Crippen LogP) is 5.37. The summed E-state index contributed by atoms with van der Waals surface area (Å²) in [4.78, 5) is 28.4. The van der Waals surface area contributed by atoms with Gasteiger partial charge in [0.05, 0.1) is 12.5 Å². The first-order valence-electron chi connectivity index (χ1n) is 8.34. The molecule has 0 saturated heterocycles. The van der Waals surface area contributed by atoms with Gasteiger partial charge < -0.3 is 10.4 Å². The van der Waals surface area contributed by atoms with Crippen LogP contribution in [0.25, 0.3) is 10.6 Å². The Hall–Kier alpha value is -2.41. The van der Waals surface area contributed by atoms with Crippen LogP contribution in [-0.2, 0) is 4.79 Å². The fourth-order valence-corrected chi connectivity index (χ4v) is 4.17. The lowest BCUT2D eigenvalue weighted by Crippen LogP contribution is -2.30. The quantitative estimate of drug-likeness (QED) is 0.546. The van der Waals surface area contributed by atoms with Crippen LogP contribution in [0.4, 0.5) is 0 Å². The van der Waals surface area contributed by atoms with Crippen molar-refractivity contribution in [2.24, 2.45) is 0 Å². The van der Waals surface area contributed by atoms with Crippen LogP contribution < -0.4 is 5.32 Å². The van der Waals surface area contributed by atoms with E-state index in [4.69, 9.17) is 23.2 Å². The van der Waals surface area contributed by atoms with Crippen molar-refractivity contribution < 1.29 is 14.7 Å². The standard InChI is InChI=1S/C20H16Cl2N2O3S/c1-11-4-2-3-5-13(11)20-24-17(10-28-20)19(27)23-16(9-18(25)26)14-7-6-12(21)8-15(14)22/h2-8,10,16H,9H2,1H3,(H,23,27)(H,25,26). The molecule has 144 valence electrons. The number of carboxylic acids is 1. The monoisotopic (exact) mass is 434 g/mol. The summed E-state index contributed by atoms with van der Waals surface area (Å²) in [6.07, 6.45) is -0.318. The SMILES string of the molecule is Cc1ccccc1-c1nc(C(=O)NC(CC(=O)O)c2ccc(Cl)cc2Cl)cs1. The summed E-state index contributed by atoms with van der Waals surface area (Å²) in [5.41, 5.74) is 2.72. The zero-order valence-corrected chi connectivity index (χ0v) is 17.1. The molecular formula is C20H16Cl2N2O3S. The molecule has 1 heterocycles. The maximum absolute atomic E-state index is 12.7. The molecule has 28 heavy (non-hydrogen) atoms. The number of amides is 1. The molecule has 5 nitrogen and oxygen atoms in total. The highest BCUT2D eigenvalue weighted by Crippen LogP contribution is 2.30. The van der Waals surface area contributed by atoms with Crippen molar-refractivity contribution in [2.45, 2.75) is 19.4 Å². The van der Waals surface area contributed by atoms with Gasteiger partial charge in [-0.2, -0.15) is 0 Å². The van der Waals surface area contributed by atoms with Crippen LogP contribution in [0.5, 0.6) is 0 Å². The minimum absolute atomic E-state index is 0.226. The highest BCUT2D eigenvalue weighted by molar-refractivity contribution is 7.13. The number of carbonyl (C=O) groups is 2. The second-order valence-corrected chi connectivity index (χ2v) is 7.84. The maximum Gasteiger partial charge on any atom is 0.305 e.